The van der Waals surface area contributed by atoms with Crippen molar-refractivity contribution in [2.24, 2.45) is 0 Å². The predicted octanol–water partition coefficient (Wildman–Crippen LogP) is 7.68. The Hall–Kier alpha value is -2.17. The number of unbranched alkanes of at least 4 members (excludes halogenated alkanes) is 11. The van der Waals surface area contributed by atoms with E-state index in [1.165, 1.54) is 63.9 Å². The first-order valence-electron chi connectivity index (χ1n) is 11.7. The monoisotopic (exact) mass is 417 g/mol. The molecule has 1 aromatic rings. The highest BCUT2D eigenvalue weighted by molar-refractivity contribution is 5.69. The van der Waals surface area contributed by atoms with Crippen molar-refractivity contribution in [1.29, 1.82) is 0 Å². The lowest BCUT2D eigenvalue weighted by atomic mass is 10.1. The van der Waals surface area contributed by atoms with Gasteiger partial charge in [0.1, 0.15) is 6.61 Å². The van der Waals surface area contributed by atoms with E-state index in [0.29, 0.717) is 12.0 Å². The molecular weight excluding hydrogens is 378 g/mol. The maximum Gasteiger partial charge on any atom is 0.306 e. The van der Waals surface area contributed by atoms with E-state index < -0.39 is 4.92 Å². The van der Waals surface area contributed by atoms with E-state index in [4.69, 9.17) is 4.74 Å². The lowest BCUT2D eigenvalue weighted by Gasteiger charge is -2.05. The van der Waals surface area contributed by atoms with Crippen molar-refractivity contribution in [3.63, 3.8) is 0 Å². The maximum absolute atomic E-state index is 11.8. The molecule has 0 saturated heterocycles. The summed E-state index contributed by atoms with van der Waals surface area (Å²) in [6.07, 6.45) is 20.8. The molecule has 5 nitrogen and oxygen atoms in total. The predicted molar refractivity (Wildman–Crippen MR) is 122 cm³/mol. The number of ether oxygens (including phenoxy) is 1. The van der Waals surface area contributed by atoms with Crippen molar-refractivity contribution in [1.82, 2.24) is 0 Å². The standard InChI is InChI=1S/C25H39NO4/c1-2-3-4-5-6-7-8-9-10-11-12-13-14-15-16-21-25(27)30-22-23-19-17-18-20-24(23)26(28)29/h9-10,17-20H,2-8,11-16,21-22H2,1H3. The number of nitro groups is 1. The summed E-state index contributed by atoms with van der Waals surface area (Å²) in [5, 5.41) is 11.0. The Kier molecular flexibility index (Phi) is 15.2. The molecule has 0 spiro atoms. The third kappa shape index (κ3) is 13.1. The Morgan fingerprint density at radius 2 is 1.47 bits per heavy atom. The first-order chi connectivity index (χ1) is 14.6. The summed E-state index contributed by atoms with van der Waals surface area (Å²) in [6, 6.07) is 6.36. The van der Waals surface area contributed by atoms with Crippen LogP contribution in [0.1, 0.15) is 102 Å². The third-order valence-electron chi connectivity index (χ3n) is 5.22. The fourth-order valence-corrected chi connectivity index (χ4v) is 3.38. The molecule has 0 heterocycles. The Labute approximate surface area is 182 Å². The van der Waals surface area contributed by atoms with E-state index in [1.807, 2.05) is 0 Å². The van der Waals surface area contributed by atoms with Gasteiger partial charge in [0.2, 0.25) is 0 Å². The normalized spacial score (nSPS) is 11.1. The van der Waals surface area contributed by atoms with Gasteiger partial charge in [-0.2, -0.15) is 0 Å². The highest BCUT2D eigenvalue weighted by Crippen LogP contribution is 2.19. The summed E-state index contributed by atoms with van der Waals surface area (Å²) in [4.78, 5) is 22.3. The van der Waals surface area contributed by atoms with Crippen LogP contribution in [0, 0.1) is 10.1 Å². The number of benzene rings is 1. The van der Waals surface area contributed by atoms with Gasteiger partial charge in [-0.25, -0.2) is 0 Å². The van der Waals surface area contributed by atoms with Crippen LogP contribution in [0.3, 0.4) is 0 Å². The highest BCUT2D eigenvalue weighted by atomic mass is 16.6. The van der Waals surface area contributed by atoms with Crippen LogP contribution < -0.4 is 0 Å². The Balaban J connectivity index is 1.95. The molecule has 1 rings (SSSR count). The van der Waals surface area contributed by atoms with Crippen molar-refractivity contribution in [3.05, 3.63) is 52.1 Å². The minimum absolute atomic E-state index is 0.00803. The molecule has 168 valence electrons. The molecule has 1 aromatic carbocycles. The van der Waals surface area contributed by atoms with E-state index in [2.05, 4.69) is 19.1 Å². The summed E-state index contributed by atoms with van der Waals surface area (Å²) in [6.45, 7) is 2.21. The van der Waals surface area contributed by atoms with Gasteiger partial charge in [-0.3, -0.25) is 14.9 Å². The van der Waals surface area contributed by atoms with Gasteiger partial charge in [-0.1, -0.05) is 82.6 Å². The summed E-state index contributed by atoms with van der Waals surface area (Å²) in [5.74, 6) is -0.286. The molecule has 0 fully saturated rings. The van der Waals surface area contributed by atoms with Crippen LogP contribution in [-0.2, 0) is 16.1 Å². The average Bonchev–Trinajstić information content (AvgIpc) is 2.75. The van der Waals surface area contributed by atoms with E-state index in [-0.39, 0.29) is 18.3 Å². The Bertz CT molecular complexity index is 627. The number of nitro benzene ring substituents is 1. The zero-order chi connectivity index (χ0) is 21.9. The van der Waals surface area contributed by atoms with Gasteiger partial charge < -0.3 is 4.74 Å². The molecule has 0 atom stereocenters. The van der Waals surface area contributed by atoms with Gasteiger partial charge >= 0.3 is 5.97 Å². The van der Waals surface area contributed by atoms with Crippen LogP contribution in [-0.4, -0.2) is 10.9 Å². The van der Waals surface area contributed by atoms with Crippen LogP contribution >= 0.6 is 0 Å². The number of carbonyl (C=O) groups excluding carboxylic acids is 1. The Morgan fingerprint density at radius 3 is 2.10 bits per heavy atom. The lowest BCUT2D eigenvalue weighted by Crippen LogP contribution is -2.05. The summed E-state index contributed by atoms with van der Waals surface area (Å²) in [7, 11) is 0. The topological polar surface area (TPSA) is 69.4 Å². The molecule has 0 amide bonds. The molecule has 0 aliphatic rings. The fraction of sp³-hybridized carbons (Fsp3) is 0.640. The SMILES string of the molecule is CCCCCCCCC=CCCCCCCCC(=O)OCc1ccccc1[N+](=O)[O-]. The third-order valence-corrected chi connectivity index (χ3v) is 5.22. The molecule has 30 heavy (non-hydrogen) atoms. The van der Waals surface area contributed by atoms with Crippen LogP contribution in [0.4, 0.5) is 5.69 Å². The Morgan fingerprint density at radius 1 is 0.900 bits per heavy atom. The second-order valence-electron chi connectivity index (χ2n) is 7.88. The molecule has 0 bridgehead atoms. The molecule has 0 aromatic heterocycles. The second kappa shape index (κ2) is 17.7. The maximum atomic E-state index is 11.8. The molecule has 0 N–H and O–H groups in total. The number of hydrogen-bond acceptors (Lipinski definition) is 4. The zero-order valence-electron chi connectivity index (χ0n) is 18.7. The largest absolute Gasteiger partial charge is 0.461 e. The summed E-state index contributed by atoms with van der Waals surface area (Å²) in [5.41, 5.74) is 0.423. The van der Waals surface area contributed by atoms with Gasteiger partial charge in [0, 0.05) is 12.5 Å². The van der Waals surface area contributed by atoms with E-state index >= 15 is 0 Å². The average molecular weight is 418 g/mol. The zero-order valence-corrected chi connectivity index (χ0v) is 18.7. The van der Waals surface area contributed by atoms with Crippen LogP contribution in [0.5, 0.6) is 0 Å². The number of allylic oxidation sites excluding steroid dienone is 2. The van der Waals surface area contributed by atoms with Crippen LogP contribution in [0.25, 0.3) is 0 Å². The highest BCUT2D eigenvalue weighted by Gasteiger charge is 2.13. The van der Waals surface area contributed by atoms with Crippen molar-refractivity contribution in [2.45, 2.75) is 103 Å². The molecular formula is C25H39NO4. The number of nitrogens with zero attached hydrogens (tertiary/aromatic N) is 1. The minimum atomic E-state index is -0.451. The van der Waals surface area contributed by atoms with Crippen LogP contribution in [0.2, 0.25) is 0 Å². The molecule has 0 aliphatic heterocycles. The number of para-hydroxylation sites is 1. The summed E-state index contributed by atoms with van der Waals surface area (Å²) >= 11 is 0. The minimum Gasteiger partial charge on any atom is -0.461 e. The lowest BCUT2D eigenvalue weighted by molar-refractivity contribution is -0.385. The van der Waals surface area contributed by atoms with Gasteiger partial charge in [-0.05, 0) is 38.2 Å². The van der Waals surface area contributed by atoms with E-state index in [9.17, 15) is 14.9 Å². The van der Waals surface area contributed by atoms with Crippen molar-refractivity contribution in [3.8, 4) is 0 Å². The van der Waals surface area contributed by atoms with Gasteiger partial charge in [-0.15, -0.1) is 0 Å². The number of esters is 1. The quantitative estimate of drug-likeness (QED) is 0.0807. The first kappa shape index (κ1) is 25.9. The van der Waals surface area contributed by atoms with Gasteiger partial charge in [0.25, 0.3) is 5.69 Å². The molecule has 0 aliphatic carbocycles. The van der Waals surface area contributed by atoms with Gasteiger partial charge in [0.05, 0.1) is 10.5 Å². The number of rotatable bonds is 18. The van der Waals surface area contributed by atoms with E-state index in [1.54, 1.807) is 18.2 Å². The fourth-order valence-electron chi connectivity index (χ4n) is 3.38. The van der Waals surface area contributed by atoms with Crippen LogP contribution in [0.15, 0.2) is 36.4 Å². The first-order valence-corrected chi connectivity index (χ1v) is 11.7. The van der Waals surface area contributed by atoms with Crippen molar-refractivity contribution >= 4 is 11.7 Å². The molecule has 0 saturated carbocycles. The second-order valence-corrected chi connectivity index (χ2v) is 7.88. The summed E-state index contributed by atoms with van der Waals surface area (Å²) < 4.78 is 5.19. The van der Waals surface area contributed by atoms with E-state index in [0.717, 1.165) is 25.7 Å². The van der Waals surface area contributed by atoms with Crippen molar-refractivity contribution in [2.75, 3.05) is 0 Å². The molecule has 5 heteroatoms. The number of carbonyl (C=O) groups is 1. The molecule has 0 radical (unpaired) electrons. The van der Waals surface area contributed by atoms with Gasteiger partial charge in [0.15, 0.2) is 0 Å². The molecule has 0 unspecified atom stereocenters. The number of hydrogen-bond donors (Lipinski definition) is 0. The smallest absolute Gasteiger partial charge is 0.306 e. The van der Waals surface area contributed by atoms with Crippen molar-refractivity contribution < 1.29 is 14.5 Å².